The monoisotopic (exact) mass is 316 g/mol. The topological polar surface area (TPSA) is 66.9 Å². The molecule has 0 fully saturated rings. The van der Waals surface area contributed by atoms with E-state index in [-0.39, 0.29) is 17.6 Å². The van der Waals surface area contributed by atoms with Crippen LogP contribution in [0.4, 0.5) is 10.2 Å². The summed E-state index contributed by atoms with van der Waals surface area (Å²) in [6.45, 7) is 6.52. The molecule has 1 aromatic heterocycles. The number of halogens is 1. The third-order valence-electron chi connectivity index (χ3n) is 3.47. The fraction of sp³-hybridized carbons (Fsp3) is 0.353. The molecule has 0 spiro atoms. The van der Waals surface area contributed by atoms with Gasteiger partial charge in [-0.2, -0.15) is 0 Å². The second kappa shape index (κ2) is 7.67. The fourth-order valence-electron chi connectivity index (χ4n) is 2.03. The molecule has 1 aromatic carbocycles. The van der Waals surface area contributed by atoms with Crippen LogP contribution in [0, 0.1) is 18.7 Å². The molecule has 0 aliphatic carbocycles. The molecule has 0 saturated carbocycles. The summed E-state index contributed by atoms with van der Waals surface area (Å²) in [5, 5.41) is 5.99. The lowest BCUT2D eigenvalue weighted by atomic mass is 10.1. The van der Waals surface area contributed by atoms with E-state index in [1.165, 1.54) is 19.3 Å². The van der Waals surface area contributed by atoms with Crippen LogP contribution in [-0.2, 0) is 4.79 Å². The molecular formula is C17H21FN4O. The van der Waals surface area contributed by atoms with Gasteiger partial charge in [-0.25, -0.2) is 14.4 Å². The van der Waals surface area contributed by atoms with E-state index in [4.69, 9.17) is 0 Å². The highest BCUT2D eigenvalue weighted by Gasteiger charge is 2.07. The maximum absolute atomic E-state index is 13.7. The second-order valence-electron chi connectivity index (χ2n) is 5.68. The van der Waals surface area contributed by atoms with E-state index in [1.807, 2.05) is 13.0 Å². The molecule has 2 N–H and O–H groups in total. The smallest absolute Gasteiger partial charge is 0.216 e. The number of hydrogen-bond donors (Lipinski definition) is 2. The van der Waals surface area contributed by atoms with Crippen molar-refractivity contribution < 1.29 is 9.18 Å². The number of amides is 1. The van der Waals surface area contributed by atoms with E-state index in [2.05, 4.69) is 20.6 Å². The molecule has 2 aromatic rings. The molecule has 1 atom stereocenters. The van der Waals surface area contributed by atoms with Crippen LogP contribution < -0.4 is 10.6 Å². The largest absolute Gasteiger partial charge is 0.370 e. The highest BCUT2D eigenvalue weighted by atomic mass is 19.1. The number of anilines is 1. The van der Waals surface area contributed by atoms with Gasteiger partial charge in [0.1, 0.15) is 18.0 Å². The second-order valence-corrected chi connectivity index (χ2v) is 5.68. The summed E-state index contributed by atoms with van der Waals surface area (Å²) in [7, 11) is 0. The molecule has 0 aliphatic rings. The third kappa shape index (κ3) is 5.02. The minimum Gasteiger partial charge on any atom is -0.370 e. The first-order valence-electron chi connectivity index (χ1n) is 7.52. The van der Waals surface area contributed by atoms with Crippen molar-refractivity contribution in [2.45, 2.75) is 20.8 Å². The number of carbonyl (C=O) groups excluding carboxylic acids is 1. The van der Waals surface area contributed by atoms with Gasteiger partial charge in [0.25, 0.3) is 0 Å². The molecule has 2 rings (SSSR count). The van der Waals surface area contributed by atoms with Gasteiger partial charge in [-0.1, -0.05) is 19.1 Å². The summed E-state index contributed by atoms with van der Waals surface area (Å²) in [4.78, 5) is 19.3. The number of rotatable bonds is 6. The van der Waals surface area contributed by atoms with Crippen LogP contribution in [0.3, 0.4) is 0 Å². The van der Waals surface area contributed by atoms with Crippen LogP contribution in [0.5, 0.6) is 0 Å². The van der Waals surface area contributed by atoms with Gasteiger partial charge in [0.2, 0.25) is 5.91 Å². The molecule has 5 nitrogen and oxygen atoms in total. The van der Waals surface area contributed by atoms with Crippen molar-refractivity contribution in [3.05, 3.63) is 42.0 Å². The maximum atomic E-state index is 13.7. The first-order valence-corrected chi connectivity index (χ1v) is 7.52. The Balaban J connectivity index is 2.02. The van der Waals surface area contributed by atoms with Crippen molar-refractivity contribution in [3.8, 4) is 11.3 Å². The van der Waals surface area contributed by atoms with Crippen molar-refractivity contribution in [1.29, 1.82) is 0 Å². The Morgan fingerprint density at radius 1 is 1.26 bits per heavy atom. The lowest BCUT2D eigenvalue weighted by Gasteiger charge is -2.13. The highest BCUT2D eigenvalue weighted by Crippen LogP contribution is 2.21. The molecule has 6 heteroatoms. The Kier molecular flexibility index (Phi) is 5.62. The average molecular weight is 316 g/mol. The molecule has 0 saturated heterocycles. The summed E-state index contributed by atoms with van der Waals surface area (Å²) in [5.41, 5.74) is 1.98. The predicted octanol–water partition coefficient (Wildman–Crippen LogP) is 2.78. The number of nitrogens with zero attached hydrogens (tertiary/aromatic N) is 2. The number of carbonyl (C=O) groups is 1. The van der Waals surface area contributed by atoms with Gasteiger partial charge in [-0.15, -0.1) is 0 Å². The minimum atomic E-state index is -0.250. The van der Waals surface area contributed by atoms with E-state index < -0.39 is 0 Å². The molecule has 0 bridgehead atoms. The Morgan fingerprint density at radius 2 is 2.04 bits per heavy atom. The Morgan fingerprint density at radius 3 is 2.74 bits per heavy atom. The number of nitrogens with one attached hydrogen (secondary N) is 2. The zero-order valence-electron chi connectivity index (χ0n) is 13.6. The van der Waals surface area contributed by atoms with Crippen LogP contribution in [0.15, 0.2) is 30.6 Å². The normalized spacial score (nSPS) is 11.8. The number of hydrogen-bond acceptors (Lipinski definition) is 4. The van der Waals surface area contributed by atoms with Gasteiger partial charge >= 0.3 is 0 Å². The first-order chi connectivity index (χ1) is 11.0. The Labute approximate surface area is 135 Å². The van der Waals surface area contributed by atoms with Gasteiger partial charge < -0.3 is 10.6 Å². The van der Waals surface area contributed by atoms with Gasteiger partial charge in [0, 0.05) is 31.6 Å². The van der Waals surface area contributed by atoms with Crippen molar-refractivity contribution in [3.63, 3.8) is 0 Å². The maximum Gasteiger partial charge on any atom is 0.216 e. The van der Waals surface area contributed by atoms with E-state index in [9.17, 15) is 9.18 Å². The van der Waals surface area contributed by atoms with Gasteiger partial charge in [0.15, 0.2) is 0 Å². The highest BCUT2D eigenvalue weighted by molar-refractivity contribution is 5.72. The third-order valence-corrected chi connectivity index (χ3v) is 3.47. The van der Waals surface area contributed by atoms with Crippen LogP contribution in [0.1, 0.15) is 19.4 Å². The summed E-state index contributed by atoms with van der Waals surface area (Å²) >= 11 is 0. The van der Waals surface area contributed by atoms with Crippen LogP contribution >= 0.6 is 0 Å². The molecular weight excluding hydrogens is 295 g/mol. The van der Waals surface area contributed by atoms with Crippen molar-refractivity contribution in [2.24, 2.45) is 5.92 Å². The summed E-state index contributed by atoms with van der Waals surface area (Å²) in [5.74, 6) is 0.641. The van der Waals surface area contributed by atoms with Crippen molar-refractivity contribution in [1.82, 2.24) is 15.3 Å². The van der Waals surface area contributed by atoms with Gasteiger partial charge in [-0.05, 0) is 24.5 Å². The number of benzene rings is 1. The lowest BCUT2D eigenvalue weighted by molar-refractivity contribution is -0.119. The minimum absolute atomic E-state index is 0.0393. The summed E-state index contributed by atoms with van der Waals surface area (Å²) in [6.07, 6.45) is 1.45. The summed E-state index contributed by atoms with van der Waals surface area (Å²) in [6, 6.07) is 6.83. The predicted molar refractivity (Wildman–Crippen MR) is 88.5 cm³/mol. The average Bonchev–Trinajstić information content (AvgIpc) is 2.54. The number of aromatic nitrogens is 2. The van der Waals surface area contributed by atoms with E-state index in [0.29, 0.717) is 35.7 Å². The zero-order chi connectivity index (χ0) is 16.8. The van der Waals surface area contributed by atoms with E-state index in [1.54, 1.807) is 19.1 Å². The zero-order valence-corrected chi connectivity index (χ0v) is 13.6. The van der Waals surface area contributed by atoms with Crippen LogP contribution in [0.2, 0.25) is 0 Å². The standard InChI is InChI=1S/C17H21FN4O/c1-11(8-19-13(3)23)9-20-17-7-16(21-10-22-17)14-5-4-12(2)15(18)6-14/h4-7,10-11H,8-9H2,1-3H3,(H,19,23)(H,20,21,22)/t11-/m1/s1. The van der Waals surface area contributed by atoms with Crippen molar-refractivity contribution >= 4 is 11.7 Å². The Hall–Kier alpha value is -2.50. The van der Waals surface area contributed by atoms with Crippen molar-refractivity contribution in [2.75, 3.05) is 18.4 Å². The number of aryl methyl sites for hydroxylation is 1. The van der Waals surface area contributed by atoms with Gasteiger partial charge in [-0.3, -0.25) is 4.79 Å². The first kappa shape index (κ1) is 16.9. The molecule has 1 heterocycles. The van der Waals surface area contributed by atoms with Crippen LogP contribution in [0.25, 0.3) is 11.3 Å². The lowest BCUT2D eigenvalue weighted by Crippen LogP contribution is -2.29. The molecule has 0 unspecified atom stereocenters. The fourth-order valence-corrected chi connectivity index (χ4v) is 2.03. The molecule has 1 amide bonds. The van der Waals surface area contributed by atoms with E-state index in [0.717, 1.165) is 0 Å². The molecule has 23 heavy (non-hydrogen) atoms. The van der Waals surface area contributed by atoms with Crippen LogP contribution in [-0.4, -0.2) is 29.0 Å². The quantitative estimate of drug-likeness (QED) is 0.860. The molecule has 122 valence electrons. The van der Waals surface area contributed by atoms with Gasteiger partial charge in [0.05, 0.1) is 5.69 Å². The summed E-state index contributed by atoms with van der Waals surface area (Å²) < 4.78 is 13.7. The van der Waals surface area contributed by atoms with E-state index >= 15 is 0 Å². The molecule has 0 radical (unpaired) electrons. The Bertz CT molecular complexity index is 690. The SMILES string of the molecule is CC(=O)NC[C@@H](C)CNc1cc(-c2ccc(C)c(F)c2)ncn1. The molecule has 0 aliphatic heterocycles.